The number of hydrazine groups is 2. The molecule has 8 heteroatoms. The monoisotopic (exact) mass is 196 g/mol. The normalized spacial score (nSPS) is 14.6. The second-order valence-electron chi connectivity index (χ2n) is 2.65. The number of amides is 2. The van der Waals surface area contributed by atoms with E-state index in [0.29, 0.717) is 18.0 Å². The van der Waals surface area contributed by atoms with E-state index in [4.69, 9.17) is 0 Å². The van der Waals surface area contributed by atoms with E-state index in [1.807, 2.05) is 0 Å². The van der Waals surface area contributed by atoms with Crippen LogP contribution in [0.1, 0.15) is 0 Å². The molecule has 0 unspecified atom stereocenters. The smallest absolute Gasteiger partial charge is 0.310 e. The molecule has 0 radical (unpaired) electrons. The van der Waals surface area contributed by atoms with Gasteiger partial charge in [0.1, 0.15) is 6.33 Å². The fourth-order valence-corrected chi connectivity index (χ4v) is 1.12. The van der Waals surface area contributed by atoms with Crippen molar-refractivity contribution in [1.82, 2.24) is 20.1 Å². The predicted molar refractivity (Wildman–Crippen MR) is 47.2 cm³/mol. The Morgan fingerprint density at radius 1 is 1.64 bits per heavy atom. The van der Waals surface area contributed by atoms with Crippen molar-refractivity contribution in [1.29, 1.82) is 0 Å². The molecule has 0 saturated carbocycles. The molecule has 1 aromatic heterocycles. The third kappa shape index (κ3) is 1.09. The van der Waals surface area contributed by atoms with Crippen molar-refractivity contribution in [3.63, 3.8) is 0 Å². The summed E-state index contributed by atoms with van der Waals surface area (Å²) in [6.45, 7) is 0. The van der Waals surface area contributed by atoms with E-state index in [1.54, 1.807) is 7.05 Å². The van der Waals surface area contributed by atoms with Crippen LogP contribution < -0.4 is 16.3 Å². The lowest BCUT2D eigenvalue weighted by Crippen LogP contribution is -2.49. The number of carbonyl (C=O) groups excluding carboxylic acids is 2. The molecule has 0 atom stereocenters. The highest BCUT2D eigenvalue weighted by atomic mass is 16.2. The number of rotatable bonds is 2. The molecule has 74 valence electrons. The van der Waals surface area contributed by atoms with Crippen LogP contribution in [-0.4, -0.2) is 34.0 Å². The molecule has 0 fully saturated rings. The van der Waals surface area contributed by atoms with Gasteiger partial charge in [-0.3, -0.25) is 10.2 Å². The maximum absolute atomic E-state index is 11.5. The summed E-state index contributed by atoms with van der Waals surface area (Å²) >= 11 is 0. The number of hydrogen-bond donors (Lipinski definition) is 3. The third-order valence-electron chi connectivity index (χ3n) is 1.80. The number of nitrogens with one attached hydrogen (secondary N) is 3. The molecular weight excluding hydrogens is 188 g/mol. The van der Waals surface area contributed by atoms with Crippen molar-refractivity contribution in [2.75, 3.05) is 17.8 Å². The molecule has 0 spiro atoms. The van der Waals surface area contributed by atoms with Crippen LogP contribution >= 0.6 is 0 Å². The van der Waals surface area contributed by atoms with Gasteiger partial charge in [-0.25, -0.2) is 19.4 Å². The molecule has 1 aliphatic rings. The van der Waals surface area contributed by atoms with Crippen LogP contribution in [-0.2, 0) is 4.79 Å². The Balaban J connectivity index is 2.40. The second kappa shape index (κ2) is 3.00. The lowest BCUT2D eigenvalue weighted by Gasteiger charge is -2.25. The van der Waals surface area contributed by atoms with E-state index in [0.717, 1.165) is 0 Å². The highest BCUT2D eigenvalue weighted by Crippen LogP contribution is 2.20. The molecule has 0 aromatic carbocycles. The van der Waals surface area contributed by atoms with Gasteiger partial charge in [0.25, 0.3) is 0 Å². The molecule has 2 amide bonds. The van der Waals surface area contributed by atoms with Crippen molar-refractivity contribution in [2.24, 2.45) is 0 Å². The molecule has 0 saturated heterocycles. The molecule has 3 N–H and O–H groups in total. The number of fused-ring (bicyclic) bond motifs is 1. The van der Waals surface area contributed by atoms with E-state index in [2.05, 4.69) is 21.3 Å². The van der Waals surface area contributed by atoms with Gasteiger partial charge in [0.15, 0.2) is 11.6 Å². The number of anilines is 2. The molecular formula is C6H8N6O2. The number of aromatic nitrogens is 2. The lowest BCUT2D eigenvalue weighted by molar-refractivity contribution is -0.105. The summed E-state index contributed by atoms with van der Waals surface area (Å²) in [5.41, 5.74) is 5.30. The van der Waals surface area contributed by atoms with Gasteiger partial charge in [-0.15, -0.1) is 5.53 Å². The highest BCUT2D eigenvalue weighted by Gasteiger charge is 2.23. The Morgan fingerprint density at radius 3 is 3.14 bits per heavy atom. The average Bonchev–Trinajstić information content (AvgIpc) is 2.57. The summed E-state index contributed by atoms with van der Waals surface area (Å²) in [5.74, 6) is 0.703. The molecule has 1 aliphatic heterocycles. The van der Waals surface area contributed by atoms with Gasteiger partial charge in [0.2, 0.25) is 6.41 Å². The van der Waals surface area contributed by atoms with Crippen LogP contribution in [0.25, 0.3) is 0 Å². The first-order valence-electron chi connectivity index (χ1n) is 3.81. The van der Waals surface area contributed by atoms with E-state index in [-0.39, 0.29) is 6.03 Å². The van der Waals surface area contributed by atoms with Crippen molar-refractivity contribution in [2.45, 2.75) is 0 Å². The predicted octanol–water partition coefficient (Wildman–Crippen LogP) is -0.804. The van der Waals surface area contributed by atoms with Gasteiger partial charge in [-0.05, 0) is 0 Å². The summed E-state index contributed by atoms with van der Waals surface area (Å²) in [5, 5.41) is 3.61. The fraction of sp³-hybridized carbons (Fsp3) is 0.167. The van der Waals surface area contributed by atoms with Crippen molar-refractivity contribution < 1.29 is 9.59 Å². The standard InChI is InChI=1S/C6H8N6O2/c1-11-6(14)12-2-7-4(8-3-13)5(12)9-10-11/h2-3,9-10H,1H3,(H,8,13). The number of imidazole rings is 1. The van der Waals surface area contributed by atoms with Gasteiger partial charge < -0.3 is 5.32 Å². The lowest BCUT2D eigenvalue weighted by atomic mass is 10.6. The van der Waals surface area contributed by atoms with Gasteiger partial charge in [0.05, 0.1) is 0 Å². The van der Waals surface area contributed by atoms with Crippen LogP contribution in [0.2, 0.25) is 0 Å². The Bertz CT molecular complexity index is 386. The quantitative estimate of drug-likeness (QED) is 0.538. The van der Waals surface area contributed by atoms with Crippen LogP contribution in [0, 0.1) is 0 Å². The number of hydrogen-bond acceptors (Lipinski definition) is 5. The average molecular weight is 196 g/mol. The largest absolute Gasteiger partial charge is 0.346 e. The first-order valence-corrected chi connectivity index (χ1v) is 3.81. The van der Waals surface area contributed by atoms with Crippen molar-refractivity contribution >= 4 is 24.1 Å². The number of nitrogens with zero attached hydrogens (tertiary/aromatic N) is 3. The minimum Gasteiger partial charge on any atom is -0.310 e. The third-order valence-corrected chi connectivity index (χ3v) is 1.80. The zero-order valence-electron chi connectivity index (χ0n) is 7.31. The minimum atomic E-state index is -0.287. The van der Waals surface area contributed by atoms with E-state index >= 15 is 0 Å². The van der Waals surface area contributed by atoms with E-state index in [9.17, 15) is 9.59 Å². The van der Waals surface area contributed by atoms with Crippen LogP contribution in [0.15, 0.2) is 6.33 Å². The molecule has 8 nitrogen and oxygen atoms in total. The molecule has 1 aromatic rings. The highest BCUT2D eigenvalue weighted by molar-refractivity contribution is 5.87. The molecule has 0 aliphatic carbocycles. The van der Waals surface area contributed by atoms with Crippen molar-refractivity contribution in [3.8, 4) is 0 Å². The maximum atomic E-state index is 11.5. The molecule has 14 heavy (non-hydrogen) atoms. The Hall–Kier alpha value is -2.09. The van der Waals surface area contributed by atoms with Gasteiger partial charge in [0, 0.05) is 7.05 Å². The van der Waals surface area contributed by atoms with E-state index in [1.165, 1.54) is 15.9 Å². The summed E-state index contributed by atoms with van der Waals surface area (Å²) in [7, 11) is 1.56. The zero-order chi connectivity index (χ0) is 10.1. The Morgan fingerprint density at radius 2 is 2.43 bits per heavy atom. The Labute approximate surface area is 78.8 Å². The van der Waals surface area contributed by atoms with Gasteiger partial charge in [-0.1, -0.05) is 0 Å². The summed E-state index contributed by atoms with van der Waals surface area (Å²) in [4.78, 5) is 25.5. The minimum absolute atomic E-state index is 0.287. The Kier molecular flexibility index (Phi) is 1.82. The molecule has 2 heterocycles. The summed E-state index contributed by atoms with van der Waals surface area (Å²) in [6.07, 6.45) is 1.82. The first kappa shape index (κ1) is 8.51. The molecule has 2 rings (SSSR count). The summed E-state index contributed by atoms with van der Waals surface area (Å²) in [6, 6.07) is -0.287. The van der Waals surface area contributed by atoms with Gasteiger partial charge >= 0.3 is 6.03 Å². The summed E-state index contributed by atoms with van der Waals surface area (Å²) < 4.78 is 1.28. The van der Waals surface area contributed by atoms with Crippen molar-refractivity contribution in [3.05, 3.63) is 6.33 Å². The van der Waals surface area contributed by atoms with E-state index < -0.39 is 0 Å². The second-order valence-corrected chi connectivity index (χ2v) is 2.65. The molecule has 0 bridgehead atoms. The first-order chi connectivity index (χ1) is 6.74. The van der Waals surface area contributed by atoms with Crippen LogP contribution in [0.4, 0.5) is 16.4 Å². The maximum Gasteiger partial charge on any atom is 0.346 e. The zero-order valence-corrected chi connectivity index (χ0v) is 7.31. The SMILES string of the molecule is CN1NNc2c(NC=O)ncn2C1=O. The van der Waals surface area contributed by atoms with Crippen LogP contribution in [0.5, 0.6) is 0 Å². The fourth-order valence-electron chi connectivity index (χ4n) is 1.12. The van der Waals surface area contributed by atoms with Gasteiger partial charge in [-0.2, -0.15) is 0 Å². The number of carbonyl (C=O) groups is 2. The topological polar surface area (TPSA) is 91.3 Å². The van der Waals surface area contributed by atoms with Crippen LogP contribution in [0.3, 0.4) is 0 Å².